The molecule has 0 fully saturated rings. The van der Waals surface area contributed by atoms with Crippen molar-refractivity contribution in [3.8, 4) is 11.4 Å². The van der Waals surface area contributed by atoms with Crippen LogP contribution in [0.5, 0.6) is 0 Å². The second-order valence-corrected chi connectivity index (χ2v) is 4.26. The number of rotatable bonds is 3. The highest BCUT2D eigenvalue weighted by atomic mass is 15.3. The summed E-state index contributed by atoms with van der Waals surface area (Å²) in [6.45, 7) is 7.52. The number of hydrogen-bond acceptors (Lipinski definition) is 3. The van der Waals surface area contributed by atoms with Crippen LogP contribution in [-0.2, 0) is 13.1 Å². The van der Waals surface area contributed by atoms with Crippen LogP contribution in [0.3, 0.4) is 0 Å². The van der Waals surface area contributed by atoms with Crippen LogP contribution in [-0.4, -0.2) is 14.8 Å². The molecule has 2 aromatic rings. The molecule has 0 bridgehead atoms. The van der Waals surface area contributed by atoms with Crippen molar-refractivity contribution in [3.05, 3.63) is 35.2 Å². The van der Waals surface area contributed by atoms with E-state index in [1.54, 1.807) is 0 Å². The van der Waals surface area contributed by atoms with Gasteiger partial charge < -0.3 is 10.3 Å². The van der Waals surface area contributed by atoms with Crippen molar-refractivity contribution in [1.82, 2.24) is 14.8 Å². The lowest BCUT2D eigenvalue weighted by Gasteiger charge is -2.08. The monoisotopic (exact) mass is 230 g/mol. The number of nitrogens with zero attached hydrogens (tertiary/aromatic N) is 3. The summed E-state index contributed by atoms with van der Waals surface area (Å²) in [4.78, 5) is 0. The first kappa shape index (κ1) is 11.8. The smallest absolute Gasteiger partial charge is 0.164 e. The Labute approximate surface area is 101 Å². The van der Waals surface area contributed by atoms with E-state index in [1.165, 1.54) is 11.1 Å². The Bertz CT molecular complexity index is 508. The standard InChI is InChI=1S/C13H18N4/c1-4-17-12(8-14)15-16-13(17)11-6-9(2)5-10(3)7-11/h5-7H,4,8,14H2,1-3H3. The molecule has 0 unspecified atom stereocenters. The molecule has 0 atom stereocenters. The van der Waals surface area contributed by atoms with Gasteiger partial charge >= 0.3 is 0 Å². The van der Waals surface area contributed by atoms with Gasteiger partial charge in [-0.25, -0.2) is 0 Å². The summed E-state index contributed by atoms with van der Waals surface area (Å²) in [5.41, 5.74) is 9.23. The summed E-state index contributed by atoms with van der Waals surface area (Å²) < 4.78 is 2.06. The first-order chi connectivity index (χ1) is 8.15. The zero-order valence-electron chi connectivity index (χ0n) is 10.6. The number of aromatic nitrogens is 3. The quantitative estimate of drug-likeness (QED) is 0.877. The Morgan fingerprint density at radius 2 is 1.76 bits per heavy atom. The maximum atomic E-state index is 5.65. The van der Waals surface area contributed by atoms with Crippen LogP contribution >= 0.6 is 0 Å². The van der Waals surface area contributed by atoms with Crippen LogP contribution in [0.2, 0.25) is 0 Å². The van der Waals surface area contributed by atoms with Crippen LogP contribution in [0.15, 0.2) is 18.2 Å². The van der Waals surface area contributed by atoms with E-state index in [1.807, 2.05) is 0 Å². The first-order valence-electron chi connectivity index (χ1n) is 5.86. The van der Waals surface area contributed by atoms with Gasteiger partial charge in [-0.3, -0.25) is 0 Å². The number of benzene rings is 1. The van der Waals surface area contributed by atoms with Crippen molar-refractivity contribution in [1.29, 1.82) is 0 Å². The van der Waals surface area contributed by atoms with Gasteiger partial charge in [-0.05, 0) is 32.9 Å². The molecule has 0 saturated carbocycles. The van der Waals surface area contributed by atoms with E-state index in [4.69, 9.17) is 5.73 Å². The van der Waals surface area contributed by atoms with Crippen molar-refractivity contribution >= 4 is 0 Å². The van der Waals surface area contributed by atoms with Crippen LogP contribution in [0.1, 0.15) is 23.9 Å². The third-order valence-electron chi connectivity index (χ3n) is 2.81. The third-order valence-corrected chi connectivity index (χ3v) is 2.81. The predicted octanol–water partition coefficient (Wildman–Crippen LogP) is 2.04. The molecule has 0 amide bonds. The van der Waals surface area contributed by atoms with E-state index in [-0.39, 0.29) is 0 Å². The second kappa shape index (κ2) is 4.67. The van der Waals surface area contributed by atoms with E-state index >= 15 is 0 Å². The number of aryl methyl sites for hydroxylation is 2. The molecule has 2 rings (SSSR count). The Kier molecular flexibility index (Phi) is 3.24. The molecule has 17 heavy (non-hydrogen) atoms. The molecule has 1 heterocycles. The van der Waals surface area contributed by atoms with Crippen molar-refractivity contribution in [3.63, 3.8) is 0 Å². The fourth-order valence-corrected chi connectivity index (χ4v) is 2.14. The van der Waals surface area contributed by atoms with Gasteiger partial charge in [0, 0.05) is 12.1 Å². The van der Waals surface area contributed by atoms with Gasteiger partial charge in [-0.2, -0.15) is 0 Å². The average molecular weight is 230 g/mol. The largest absolute Gasteiger partial charge is 0.324 e. The van der Waals surface area contributed by atoms with E-state index in [9.17, 15) is 0 Å². The molecule has 1 aromatic carbocycles. The molecule has 0 saturated heterocycles. The van der Waals surface area contributed by atoms with Gasteiger partial charge in [-0.15, -0.1) is 10.2 Å². The second-order valence-electron chi connectivity index (χ2n) is 4.26. The summed E-state index contributed by atoms with van der Waals surface area (Å²) in [6.07, 6.45) is 0. The highest BCUT2D eigenvalue weighted by Crippen LogP contribution is 2.21. The SMILES string of the molecule is CCn1c(CN)nnc1-c1cc(C)cc(C)c1. The summed E-state index contributed by atoms with van der Waals surface area (Å²) >= 11 is 0. The Morgan fingerprint density at radius 1 is 1.12 bits per heavy atom. The maximum absolute atomic E-state index is 5.65. The molecule has 0 aliphatic carbocycles. The molecule has 4 nitrogen and oxygen atoms in total. The normalized spacial score (nSPS) is 10.8. The van der Waals surface area contributed by atoms with E-state index in [0.29, 0.717) is 6.54 Å². The minimum absolute atomic E-state index is 0.422. The lowest BCUT2D eigenvalue weighted by molar-refractivity contribution is 0.704. The third kappa shape index (κ3) is 2.22. The molecule has 2 N–H and O–H groups in total. The zero-order chi connectivity index (χ0) is 12.4. The Morgan fingerprint density at radius 3 is 2.29 bits per heavy atom. The highest BCUT2D eigenvalue weighted by Gasteiger charge is 2.11. The zero-order valence-corrected chi connectivity index (χ0v) is 10.6. The van der Waals surface area contributed by atoms with Gasteiger partial charge in [-0.1, -0.05) is 17.2 Å². The van der Waals surface area contributed by atoms with E-state index in [2.05, 4.69) is 53.7 Å². The highest BCUT2D eigenvalue weighted by molar-refractivity contribution is 5.58. The number of nitrogens with two attached hydrogens (primary N) is 1. The van der Waals surface area contributed by atoms with E-state index < -0.39 is 0 Å². The maximum Gasteiger partial charge on any atom is 0.164 e. The van der Waals surface area contributed by atoms with E-state index in [0.717, 1.165) is 23.8 Å². The van der Waals surface area contributed by atoms with Crippen molar-refractivity contribution in [2.24, 2.45) is 5.73 Å². The topological polar surface area (TPSA) is 56.7 Å². The molecule has 0 aliphatic rings. The lowest BCUT2D eigenvalue weighted by Crippen LogP contribution is -2.08. The first-order valence-corrected chi connectivity index (χ1v) is 5.86. The summed E-state index contributed by atoms with van der Waals surface area (Å²) in [5, 5.41) is 8.37. The van der Waals surface area contributed by atoms with Crippen LogP contribution in [0, 0.1) is 13.8 Å². The number of hydrogen-bond donors (Lipinski definition) is 1. The van der Waals surface area contributed by atoms with Crippen LogP contribution in [0.4, 0.5) is 0 Å². The average Bonchev–Trinajstić information content (AvgIpc) is 2.70. The summed E-state index contributed by atoms with van der Waals surface area (Å²) in [5.74, 6) is 1.74. The Balaban J connectivity index is 2.55. The lowest BCUT2D eigenvalue weighted by atomic mass is 10.1. The van der Waals surface area contributed by atoms with Gasteiger partial charge in [0.05, 0.1) is 6.54 Å². The van der Waals surface area contributed by atoms with Crippen LogP contribution in [0.25, 0.3) is 11.4 Å². The molecular weight excluding hydrogens is 212 g/mol. The van der Waals surface area contributed by atoms with Crippen molar-refractivity contribution in [2.45, 2.75) is 33.9 Å². The summed E-state index contributed by atoms with van der Waals surface area (Å²) in [7, 11) is 0. The minimum Gasteiger partial charge on any atom is -0.324 e. The fourth-order valence-electron chi connectivity index (χ4n) is 2.14. The molecule has 4 heteroatoms. The van der Waals surface area contributed by atoms with Crippen LogP contribution < -0.4 is 5.73 Å². The Hall–Kier alpha value is -1.68. The molecule has 1 aromatic heterocycles. The molecule has 90 valence electrons. The fraction of sp³-hybridized carbons (Fsp3) is 0.385. The van der Waals surface area contributed by atoms with Crippen molar-refractivity contribution in [2.75, 3.05) is 0 Å². The molecule has 0 spiro atoms. The molecule has 0 aliphatic heterocycles. The predicted molar refractivity (Wildman–Crippen MR) is 68.5 cm³/mol. The van der Waals surface area contributed by atoms with Gasteiger partial charge in [0.2, 0.25) is 0 Å². The van der Waals surface area contributed by atoms with Crippen molar-refractivity contribution < 1.29 is 0 Å². The van der Waals surface area contributed by atoms with Gasteiger partial charge in [0.25, 0.3) is 0 Å². The molecule has 0 radical (unpaired) electrons. The van der Waals surface area contributed by atoms with Gasteiger partial charge in [0.1, 0.15) is 5.82 Å². The minimum atomic E-state index is 0.422. The molecular formula is C13H18N4. The van der Waals surface area contributed by atoms with Gasteiger partial charge in [0.15, 0.2) is 5.82 Å². The summed E-state index contributed by atoms with van der Waals surface area (Å²) in [6, 6.07) is 6.41.